The molecular weight excluding hydrogens is 358 g/mol. The molecule has 2 aromatic rings. The fourth-order valence-electron chi connectivity index (χ4n) is 3.10. The molecule has 1 fully saturated rings. The summed E-state index contributed by atoms with van der Waals surface area (Å²) >= 11 is 7.35. The van der Waals surface area contributed by atoms with Gasteiger partial charge in [-0.25, -0.2) is 4.98 Å². The van der Waals surface area contributed by atoms with Crippen LogP contribution in [0, 0.1) is 5.92 Å². The van der Waals surface area contributed by atoms with Gasteiger partial charge in [-0.05, 0) is 49.6 Å². The highest BCUT2D eigenvalue weighted by atomic mass is 35.5. The van der Waals surface area contributed by atoms with Gasteiger partial charge in [0, 0.05) is 16.4 Å². The highest BCUT2D eigenvalue weighted by Crippen LogP contribution is 2.24. The molecule has 0 saturated heterocycles. The molecule has 0 spiro atoms. The first-order valence-corrected chi connectivity index (χ1v) is 9.71. The summed E-state index contributed by atoms with van der Waals surface area (Å²) in [5.74, 6) is 1.16. The molecule has 0 bridgehead atoms. The minimum atomic E-state index is 0.0146. The molecule has 134 valence electrons. The van der Waals surface area contributed by atoms with E-state index in [-0.39, 0.29) is 11.9 Å². The van der Waals surface area contributed by atoms with Crippen molar-refractivity contribution in [3.8, 4) is 5.75 Å². The van der Waals surface area contributed by atoms with E-state index in [9.17, 15) is 4.79 Å². The van der Waals surface area contributed by atoms with Crippen molar-refractivity contribution >= 4 is 28.8 Å². The Morgan fingerprint density at radius 1 is 1.36 bits per heavy atom. The number of amides is 1. The lowest BCUT2D eigenvalue weighted by atomic mass is 10.0. The fourth-order valence-corrected chi connectivity index (χ4v) is 3.93. The van der Waals surface area contributed by atoms with Gasteiger partial charge in [-0.15, -0.1) is 11.3 Å². The van der Waals surface area contributed by atoms with E-state index < -0.39 is 0 Å². The van der Waals surface area contributed by atoms with Crippen LogP contribution in [-0.2, 0) is 17.8 Å². The summed E-state index contributed by atoms with van der Waals surface area (Å²) in [6, 6.07) is 7.42. The zero-order chi connectivity index (χ0) is 17.6. The molecular formula is C18H22ClN3O2S. The Hall–Kier alpha value is -1.63. The molecule has 1 aromatic heterocycles. The van der Waals surface area contributed by atoms with Gasteiger partial charge in [-0.1, -0.05) is 18.0 Å². The van der Waals surface area contributed by atoms with Crippen LogP contribution < -0.4 is 15.8 Å². The van der Waals surface area contributed by atoms with Crippen LogP contribution in [0.5, 0.6) is 5.75 Å². The molecule has 3 rings (SSSR count). The topological polar surface area (TPSA) is 77.2 Å². The number of ether oxygens (including phenoxy) is 1. The molecule has 1 aromatic carbocycles. The lowest BCUT2D eigenvalue weighted by Gasteiger charge is -2.19. The number of nitrogens with one attached hydrogen (secondary N) is 1. The molecule has 25 heavy (non-hydrogen) atoms. The molecule has 1 heterocycles. The zero-order valence-electron chi connectivity index (χ0n) is 13.9. The Bertz CT molecular complexity index is 705. The van der Waals surface area contributed by atoms with Crippen molar-refractivity contribution in [2.45, 2.75) is 38.3 Å². The maximum Gasteiger partial charge on any atom is 0.226 e. The van der Waals surface area contributed by atoms with Gasteiger partial charge in [0.1, 0.15) is 17.4 Å². The number of carbonyl (C=O) groups excluding carboxylic acids is 1. The third kappa shape index (κ3) is 5.17. The van der Waals surface area contributed by atoms with Crippen LogP contribution in [-0.4, -0.2) is 23.5 Å². The van der Waals surface area contributed by atoms with Gasteiger partial charge < -0.3 is 15.8 Å². The number of carbonyl (C=O) groups is 1. The third-order valence-electron chi connectivity index (χ3n) is 4.43. The Balaban J connectivity index is 1.47. The molecule has 7 heteroatoms. The first-order valence-electron chi connectivity index (χ1n) is 8.45. The molecule has 5 nitrogen and oxygen atoms in total. The van der Waals surface area contributed by atoms with Gasteiger partial charge in [-0.2, -0.15) is 0 Å². The monoisotopic (exact) mass is 379 g/mol. The molecule has 1 amide bonds. The maximum atomic E-state index is 12.2. The number of rotatable bonds is 7. The average Bonchev–Trinajstić information content (AvgIpc) is 3.23. The molecule has 0 radical (unpaired) electrons. The van der Waals surface area contributed by atoms with Crippen LogP contribution in [0.1, 0.15) is 30.0 Å². The highest BCUT2D eigenvalue weighted by molar-refractivity contribution is 7.09. The van der Waals surface area contributed by atoms with Crippen molar-refractivity contribution in [1.29, 1.82) is 0 Å². The molecule has 0 aliphatic heterocycles. The second-order valence-electron chi connectivity index (χ2n) is 6.25. The summed E-state index contributed by atoms with van der Waals surface area (Å²) in [5.41, 5.74) is 6.54. The molecule has 1 aliphatic carbocycles. The highest BCUT2D eigenvalue weighted by Gasteiger charge is 2.27. The van der Waals surface area contributed by atoms with Crippen molar-refractivity contribution in [2.24, 2.45) is 11.7 Å². The van der Waals surface area contributed by atoms with E-state index in [1.165, 1.54) is 11.3 Å². The average molecular weight is 380 g/mol. The fraction of sp³-hybridized carbons (Fsp3) is 0.444. The van der Waals surface area contributed by atoms with Crippen molar-refractivity contribution in [2.75, 3.05) is 6.54 Å². The van der Waals surface area contributed by atoms with Gasteiger partial charge in [0.05, 0.1) is 12.1 Å². The lowest BCUT2D eigenvalue weighted by molar-refractivity contribution is -0.121. The quantitative estimate of drug-likeness (QED) is 0.774. The minimum Gasteiger partial charge on any atom is -0.486 e. The van der Waals surface area contributed by atoms with Gasteiger partial charge in [0.25, 0.3) is 0 Å². The van der Waals surface area contributed by atoms with Crippen molar-refractivity contribution in [3.05, 3.63) is 45.4 Å². The predicted octanol–water partition coefficient (Wildman–Crippen LogP) is 3.16. The summed E-state index contributed by atoms with van der Waals surface area (Å²) in [6.07, 6.45) is 3.55. The van der Waals surface area contributed by atoms with Crippen molar-refractivity contribution in [1.82, 2.24) is 10.3 Å². The van der Waals surface area contributed by atoms with Crippen molar-refractivity contribution < 1.29 is 9.53 Å². The predicted molar refractivity (Wildman–Crippen MR) is 99.9 cm³/mol. The third-order valence-corrected chi connectivity index (χ3v) is 5.55. The van der Waals surface area contributed by atoms with Crippen LogP contribution in [0.25, 0.3) is 0 Å². The van der Waals surface area contributed by atoms with E-state index in [0.717, 1.165) is 35.7 Å². The van der Waals surface area contributed by atoms with Crippen LogP contribution in [0.4, 0.5) is 0 Å². The summed E-state index contributed by atoms with van der Waals surface area (Å²) in [4.78, 5) is 16.7. The number of hydrogen-bond acceptors (Lipinski definition) is 5. The summed E-state index contributed by atoms with van der Waals surface area (Å²) < 4.78 is 5.68. The molecule has 2 atom stereocenters. The first kappa shape index (κ1) is 18.2. The Kier molecular flexibility index (Phi) is 6.29. The van der Waals surface area contributed by atoms with Gasteiger partial charge in [0.2, 0.25) is 5.91 Å². The normalized spacial score (nSPS) is 19.8. The molecule has 3 N–H and O–H groups in total. The van der Waals surface area contributed by atoms with Gasteiger partial charge >= 0.3 is 0 Å². The lowest BCUT2D eigenvalue weighted by Crippen LogP contribution is -2.40. The Morgan fingerprint density at radius 3 is 2.92 bits per heavy atom. The smallest absolute Gasteiger partial charge is 0.226 e. The SMILES string of the molecule is NCC1CCCC1NC(=O)Cc1csc(COc2ccc(Cl)cc2)n1. The van der Waals surface area contributed by atoms with Gasteiger partial charge in [-0.3, -0.25) is 4.79 Å². The van der Waals surface area contributed by atoms with Crippen LogP contribution in [0.3, 0.4) is 0 Å². The van der Waals surface area contributed by atoms with E-state index in [0.29, 0.717) is 30.5 Å². The standard InChI is InChI=1S/C18H22ClN3O2S/c19-13-4-6-15(7-5-13)24-10-18-21-14(11-25-18)8-17(23)22-16-3-1-2-12(16)9-20/h4-7,11-12,16H,1-3,8-10,20H2,(H,22,23). The van der Waals surface area contributed by atoms with Crippen LogP contribution >= 0.6 is 22.9 Å². The number of thiazole rings is 1. The van der Waals surface area contributed by atoms with Crippen LogP contribution in [0.15, 0.2) is 29.6 Å². The van der Waals surface area contributed by atoms with Crippen molar-refractivity contribution in [3.63, 3.8) is 0 Å². The summed E-state index contributed by atoms with van der Waals surface area (Å²) in [6.45, 7) is 1.01. The van der Waals surface area contributed by atoms with E-state index >= 15 is 0 Å². The van der Waals surface area contributed by atoms with E-state index in [1.807, 2.05) is 17.5 Å². The zero-order valence-corrected chi connectivity index (χ0v) is 15.5. The number of halogens is 1. The number of nitrogens with two attached hydrogens (primary N) is 1. The second kappa shape index (κ2) is 8.65. The summed E-state index contributed by atoms with van der Waals surface area (Å²) in [7, 11) is 0. The Morgan fingerprint density at radius 2 is 2.16 bits per heavy atom. The molecule has 2 unspecified atom stereocenters. The summed E-state index contributed by atoms with van der Waals surface area (Å²) in [5, 5.41) is 6.54. The largest absolute Gasteiger partial charge is 0.486 e. The second-order valence-corrected chi connectivity index (χ2v) is 7.63. The van der Waals surface area contributed by atoms with Crippen LogP contribution in [0.2, 0.25) is 5.02 Å². The van der Waals surface area contributed by atoms with Gasteiger partial charge in [0.15, 0.2) is 0 Å². The van der Waals surface area contributed by atoms with E-state index in [2.05, 4.69) is 10.3 Å². The number of aromatic nitrogens is 1. The Labute approximate surface area is 156 Å². The number of nitrogens with zero attached hydrogens (tertiary/aromatic N) is 1. The van der Waals surface area contributed by atoms with E-state index in [4.69, 9.17) is 22.1 Å². The molecule has 1 aliphatic rings. The number of benzene rings is 1. The first-order chi connectivity index (χ1) is 12.1. The molecule has 1 saturated carbocycles. The minimum absolute atomic E-state index is 0.0146. The number of hydrogen-bond donors (Lipinski definition) is 2. The maximum absolute atomic E-state index is 12.2. The van der Waals surface area contributed by atoms with E-state index in [1.54, 1.807) is 12.1 Å².